The predicted octanol–water partition coefficient (Wildman–Crippen LogP) is 2.70. The lowest BCUT2D eigenvalue weighted by Crippen LogP contribution is -2.16. The van der Waals surface area contributed by atoms with E-state index in [2.05, 4.69) is 4.72 Å². The number of para-hydroxylation sites is 2. The lowest BCUT2D eigenvalue weighted by Gasteiger charge is -2.13. The van der Waals surface area contributed by atoms with Crippen molar-refractivity contribution in [3.63, 3.8) is 0 Å². The molecule has 0 aliphatic rings. The van der Waals surface area contributed by atoms with E-state index in [9.17, 15) is 13.2 Å². The second-order valence-electron chi connectivity index (χ2n) is 5.08. The van der Waals surface area contributed by atoms with Gasteiger partial charge in [0, 0.05) is 5.02 Å². The number of anilines is 1. The molecule has 0 spiro atoms. The highest BCUT2D eigenvalue weighted by molar-refractivity contribution is 7.92. The standard InChI is InChI=1S/C16H17ClN2O4S/c1-11-6-7-12(10-13(11)17)24(21,22)19-14-4-2-3-5-15(14)23-9-8-16(18)20/h2-7,10,19H,8-9H2,1H3,(H2,18,20). The van der Waals surface area contributed by atoms with Crippen molar-refractivity contribution in [2.45, 2.75) is 18.2 Å². The van der Waals surface area contributed by atoms with Gasteiger partial charge >= 0.3 is 0 Å². The Balaban J connectivity index is 2.23. The van der Waals surface area contributed by atoms with Gasteiger partial charge in [-0.15, -0.1) is 0 Å². The van der Waals surface area contributed by atoms with Gasteiger partial charge in [0.05, 0.1) is 23.6 Å². The van der Waals surface area contributed by atoms with Gasteiger partial charge in [0.25, 0.3) is 10.0 Å². The van der Waals surface area contributed by atoms with E-state index in [-0.39, 0.29) is 23.6 Å². The fraction of sp³-hybridized carbons (Fsp3) is 0.188. The van der Waals surface area contributed by atoms with E-state index in [4.69, 9.17) is 22.1 Å². The summed E-state index contributed by atoms with van der Waals surface area (Å²) in [6.45, 7) is 1.85. The van der Waals surface area contributed by atoms with Crippen LogP contribution in [-0.2, 0) is 14.8 Å². The summed E-state index contributed by atoms with van der Waals surface area (Å²) in [6.07, 6.45) is 0.0364. The van der Waals surface area contributed by atoms with E-state index >= 15 is 0 Å². The molecule has 0 fully saturated rings. The number of halogens is 1. The van der Waals surface area contributed by atoms with Crippen molar-refractivity contribution >= 4 is 33.2 Å². The number of nitrogens with one attached hydrogen (secondary N) is 1. The Labute approximate surface area is 145 Å². The zero-order valence-electron chi connectivity index (χ0n) is 13.0. The Morgan fingerprint density at radius 2 is 1.96 bits per heavy atom. The topological polar surface area (TPSA) is 98.5 Å². The van der Waals surface area contributed by atoms with Crippen molar-refractivity contribution in [1.29, 1.82) is 0 Å². The van der Waals surface area contributed by atoms with E-state index < -0.39 is 15.9 Å². The molecular weight excluding hydrogens is 352 g/mol. The van der Waals surface area contributed by atoms with Crippen LogP contribution in [0.5, 0.6) is 5.75 Å². The summed E-state index contributed by atoms with van der Waals surface area (Å²) in [5.41, 5.74) is 6.10. The van der Waals surface area contributed by atoms with Crippen molar-refractivity contribution < 1.29 is 17.9 Å². The van der Waals surface area contributed by atoms with Crippen molar-refractivity contribution in [3.05, 3.63) is 53.1 Å². The maximum absolute atomic E-state index is 12.5. The Kier molecular flexibility index (Phi) is 5.69. The highest BCUT2D eigenvalue weighted by atomic mass is 35.5. The minimum absolute atomic E-state index is 0.0364. The van der Waals surface area contributed by atoms with Gasteiger partial charge in [0.1, 0.15) is 5.75 Å². The Morgan fingerprint density at radius 1 is 1.25 bits per heavy atom. The summed E-state index contributed by atoms with van der Waals surface area (Å²) in [5.74, 6) is -0.192. The number of hydrogen-bond acceptors (Lipinski definition) is 4. The van der Waals surface area contributed by atoms with Crippen LogP contribution in [0.2, 0.25) is 5.02 Å². The van der Waals surface area contributed by atoms with Gasteiger partial charge in [-0.3, -0.25) is 9.52 Å². The number of carbonyl (C=O) groups is 1. The first-order valence-corrected chi connectivity index (χ1v) is 8.95. The van der Waals surface area contributed by atoms with Crippen LogP contribution >= 0.6 is 11.6 Å². The highest BCUT2D eigenvalue weighted by Gasteiger charge is 2.17. The van der Waals surface area contributed by atoms with Gasteiger partial charge in [-0.05, 0) is 36.8 Å². The third kappa shape index (κ3) is 4.62. The molecule has 0 radical (unpaired) electrons. The molecule has 2 aromatic rings. The number of benzene rings is 2. The molecule has 0 saturated heterocycles. The molecule has 0 aliphatic heterocycles. The molecule has 0 atom stereocenters. The third-order valence-electron chi connectivity index (χ3n) is 3.19. The number of primary amides is 1. The van der Waals surface area contributed by atoms with Gasteiger partial charge in [0.15, 0.2) is 0 Å². The fourth-order valence-corrected chi connectivity index (χ4v) is 3.22. The molecule has 0 aromatic heterocycles. The number of carbonyl (C=O) groups excluding carboxylic acids is 1. The van der Waals surface area contributed by atoms with Crippen LogP contribution in [0.1, 0.15) is 12.0 Å². The Bertz CT molecular complexity index is 853. The number of amides is 1. The quantitative estimate of drug-likeness (QED) is 0.784. The molecule has 2 rings (SSSR count). The van der Waals surface area contributed by atoms with E-state index in [1.807, 2.05) is 0 Å². The lowest BCUT2D eigenvalue weighted by molar-refractivity contribution is -0.118. The van der Waals surface area contributed by atoms with Gasteiger partial charge in [-0.2, -0.15) is 0 Å². The van der Waals surface area contributed by atoms with E-state index in [0.29, 0.717) is 10.8 Å². The SMILES string of the molecule is Cc1ccc(S(=O)(=O)Nc2ccccc2OCCC(N)=O)cc1Cl. The molecule has 128 valence electrons. The number of sulfonamides is 1. The van der Waals surface area contributed by atoms with Crippen molar-refractivity contribution in [3.8, 4) is 5.75 Å². The molecule has 0 unspecified atom stereocenters. The third-order valence-corrected chi connectivity index (χ3v) is 4.96. The second kappa shape index (κ2) is 7.55. The highest BCUT2D eigenvalue weighted by Crippen LogP contribution is 2.28. The van der Waals surface area contributed by atoms with Crippen LogP contribution in [0.25, 0.3) is 0 Å². The predicted molar refractivity (Wildman–Crippen MR) is 92.7 cm³/mol. The molecular formula is C16H17ClN2O4S. The molecule has 0 heterocycles. The minimum atomic E-state index is -3.82. The molecule has 2 aromatic carbocycles. The van der Waals surface area contributed by atoms with Gasteiger partial charge in [-0.1, -0.05) is 29.8 Å². The minimum Gasteiger partial charge on any atom is -0.491 e. The monoisotopic (exact) mass is 368 g/mol. The molecule has 24 heavy (non-hydrogen) atoms. The summed E-state index contributed by atoms with van der Waals surface area (Å²) in [7, 11) is -3.82. The van der Waals surface area contributed by atoms with Crippen molar-refractivity contribution in [2.75, 3.05) is 11.3 Å². The number of hydrogen-bond donors (Lipinski definition) is 2. The summed E-state index contributed by atoms with van der Waals surface area (Å²) >= 11 is 5.99. The van der Waals surface area contributed by atoms with E-state index in [1.54, 1.807) is 37.3 Å². The average Bonchev–Trinajstić information content (AvgIpc) is 2.51. The molecule has 0 bridgehead atoms. The van der Waals surface area contributed by atoms with Crippen LogP contribution in [-0.4, -0.2) is 20.9 Å². The number of nitrogens with two attached hydrogens (primary N) is 1. The number of rotatable bonds is 7. The molecule has 0 aliphatic carbocycles. The normalized spacial score (nSPS) is 11.1. The maximum Gasteiger partial charge on any atom is 0.262 e. The van der Waals surface area contributed by atoms with Gasteiger partial charge in [0.2, 0.25) is 5.91 Å². The van der Waals surface area contributed by atoms with E-state index in [0.717, 1.165) is 5.56 Å². The molecule has 0 saturated carbocycles. The van der Waals surface area contributed by atoms with Crippen molar-refractivity contribution in [1.82, 2.24) is 0 Å². The van der Waals surface area contributed by atoms with Crippen LogP contribution in [0.4, 0.5) is 5.69 Å². The first-order valence-electron chi connectivity index (χ1n) is 7.09. The number of ether oxygens (including phenoxy) is 1. The molecule has 3 N–H and O–H groups in total. The Hall–Kier alpha value is -2.25. The van der Waals surface area contributed by atoms with Crippen LogP contribution < -0.4 is 15.2 Å². The smallest absolute Gasteiger partial charge is 0.262 e. The maximum atomic E-state index is 12.5. The molecule has 1 amide bonds. The second-order valence-corrected chi connectivity index (χ2v) is 7.17. The first-order chi connectivity index (χ1) is 11.3. The van der Waals surface area contributed by atoms with Crippen molar-refractivity contribution in [2.24, 2.45) is 5.73 Å². The molecule has 8 heteroatoms. The largest absolute Gasteiger partial charge is 0.491 e. The summed E-state index contributed by atoms with van der Waals surface area (Å²) in [4.78, 5) is 10.8. The van der Waals surface area contributed by atoms with Crippen LogP contribution in [0, 0.1) is 6.92 Å². The summed E-state index contributed by atoms with van der Waals surface area (Å²) in [6, 6.07) is 11.0. The zero-order chi connectivity index (χ0) is 17.7. The zero-order valence-corrected chi connectivity index (χ0v) is 14.5. The van der Waals surface area contributed by atoms with E-state index in [1.165, 1.54) is 12.1 Å². The number of aryl methyl sites for hydroxylation is 1. The van der Waals surface area contributed by atoms with Gasteiger partial charge in [-0.25, -0.2) is 8.42 Å². The van der Waals surface area contributed by atoms with Crippen LogP contribution in [0.15, 0.2) is 47.4 Å². The van der Waals surface area contributed by atoms with Gasteiger partial charge < -0.3 is 10.5 Å². The first kappa shape index (κ1) is 18.1. The lowest BCUT2D eigenvalue weighted by atomic mass is 10.2. The summed E-state index contributed by atoms with van der Waals surface area (Å²) < 4.78 is 32.9. The fourth-order valence-electron chi connectivity index (χ4n) is 1.88. The van der Waals surface area contributed by atoms with Crippen LogP contribution in [0.3, 0.4) is 0 Å². The molecule has 6 nitrogen and oxygen atoms in total. The Morgan fingerprint density at radius 3 is 2.62 bits per heavy atom. The summed E-state index contributed by atoms with van der Waals surface area (Å²) in [5, 5.41) is 0.365. The average molecular weight is 369 g/mol.